The van der Waals surface area contributed by atoms with E-state index in [-0.39, 0.29) is 5.75 Å². The molecule has 90 valence electrons. The van der Waals surface area contributed by atoms with E-state index < -0.39 is 9.84 Å². The van der Waals surface area contributed by atoms with Gasteiger partial charge in [-0.2, -0.15) is 0 Å². The Labute approximate surface area is 115 Å². The highest BCUT2D eigenvalue weighted by molar-refractivity contribution is 14.1. The molecule has 0 aliphatic rings. The maximum atomic E-state index is 10.9. The van der Waals surface area contributed by atoms with Crippen molar-refractivity contribution in [2.45, 2.75) is 6.42 Å². The van der Waals surface area contributed by atoms with Gasteiger partial charge in [-0.1, -0.05) is 11.6 Å². The van der Waals surface area contributed by atoms with Gasteiger partial charge in [0.2, 0.25) is 0 Å². The molecule has 0 heterocycles. The molecule has 0 aliphatic heterocycles. The maximum Gasteiger partial charge on any atom is 0.147 e. The molecule has 0 radical (unpaired) electrons. The topological polar surface area (TPSA) is 46.2 Å². The molecule has 0 spiro atoms. The van der Waals surface area contributed by atoms with E-state index in [1.54, 1.807) is 0 Å². The van der Waals surface area contributed by atoms with Crippen molar-refractivity contribution in [3.8, 4) is 0 Å². The maximum absolute atomic E-state index is 10.9. The summed E-state index contributed by atoms with van der Waals surface area (Å²) in [5, 5.41) is 3.77. The Balaban J connectivity index is 2.43. The van der Waals surface area contributed by atoms with Gasteiger partial charge in [0.25, 0.3) is 0 Å². The zero-order valence-corrected chi connectivity index (χ0v) is 12.6. The molecular weight excluding hydrogens is 361 g/mol. The molecule has 0 bridgehead atoms. The molecule has 1 N–H and O–H groups in total. The number of hydrogen-bond acceptors (Lipinski definition) is 3. The third-order valence-corrected chi connectivity index (χ3v) is 3.95. The highest BCUT2D eigenvalue weighted by atomic mass is 127. The first-order valence-electron chi connectivity index (χ1n) is 4.75. The van der Waals surface area contributed by atoms with Crippen LogP contribution in [-0.2, 0) is 9.84 Å². The molecule has 0 saturated heterocycles. The monoisotopic (exact) mass is 373 g/mol. The quantitative estimate of drug-likeness (QED) is 0.638. The number of anilines is 1. The molecule has 0 aliphatic carbocycles. The van der Waals surface area contributed by atoms with Crippen molar-refractivity contribution < 1.29 is 8.42 Å². The number of nitrogens with one attached hydrogen (secondary N) is 1. The minimum atomic E-state index is -2.87. The molecule has 0 amide bonds. The summed E-state index contributed by atoms with van der Waals surface area (Å²) in [5.41, 5.74) is 0.843. The van der Waals surface area contributed by atoms with Crippen LogP contribution in [0.25, 0.3) is 0 Å². The van der Waals surface area contributed by atoms with Crippen molar-refractivity contribution in [1.29, 1.82) is 0 Å². The first-order chi connectivity index (χ1) is 7.38. The zero-order valence-electron chi connectivity index (χ0n) is 8.83. The van der Waals surface area contributed by atoms with Crippen LogP contribution in [0.1, 0.15) is 6.42 Å². The van der Waals surface area contributed by atoms with E-state index in [0.29, 0.717) is 18.0 Å². The van der Waals surface area contributed by atoms with Crippen LogP contribution in [0.4, 0.5) is 5.69 Å². The van der Waals surface area contributed by atoms with Gasteiger partial charge in [-0.25, -0.2) is 8.42 Å². The molecule has 0 fully saturated rings. The number of halogens is 2. The number of rotatable bonds is 5. The van der Waals surface area contributed by atoms with E-state index in [1.807, 2.05) is 18.2 Å². The average molecular weight is 374 g/mol. The van der Waals surface area contributed by atoms with E-state index in [1.165, 1.54) is 6.26 Å². The molecule has 16 heavy (non-hydrogen) atoms. The Morgan fingerprint density at radius 3 is 2.69 bits per heavy atom. The van der Waals surface area contributed by atoms with Crippen LogP contribution in [0.15, 0.2) is 18.2 Å². The van der Waals surface area contributed by atoms with Gasteiger partial charge in [0.15, 0.2) is 0 Å². The summed E-state index contributed by atoms with van der Waals surface area (Å²) in [7, 11) is -2.87. The van der Waals surface area contributed by atoms with Crippen molar-refractivity contribution in [2.24, 2.45) is 0 Å². The summed E-state index contributed by atoms with van der Waals surface area (Å²) in [5.74, 6) is 0.196. The highest BCUT2D eigenvalue weighted by Crippen LogP contribution is 2.23. The lowest BCUT2D eigenvalue weighted by Gasteiger charge is -2.08. The predicted octanol–water partition coefficient (Wildman–Crippen LogP) is 2.79. The standard InChI is InChI=1S/C10H13ClINO2S/c1-16(14,15)6-2-5-13-10-4-3-8(12)7-9(10)11/h3-4,7,13H,2,5-6H2,1H3. The second kappa shape index (κ2) is 6.07. The lowest BCUT2D eigenvalue weighted by molar-refractivity contribution is 0.600. The average Bonchev–Trinajstić information content (AvgIpc) is 2.13. The van der Waals surface area contributed by atoms with Crippen LogP contribution in [-0.4, -0.2) is 27.0 Å². The highest BCUT2D eigenvalue weighted by Gasteiger charge is 2.03. The fourth-order valence-corrected chi connectivity index (χ4v) is 2.78. The van der Waals surface area contributed by atoms with Gasteiger partial charge in [-0.15, -0.1) is 0 Å². The first-order valence-corrected chi connectivity index (χ1v) is 8.27. The lowest BCUT2D eigenvalue weighted by Crippen LogP contribution is -2.09. The smallest absolute Gasteiger partial charge is 0.147 e. The molecule has 6 heteroatoms. The number of sulfone groups is 1. The van der Waals surface area contributed by atoms with Gasteiger partial charge in [-0.3, -0.25) is 0 Å². The molecule has 0 unspecified atom stereocenters. The Kier molecular flexibility index (Phi) is 5.33. The van der Waals surface area contributed by atoms with Crippen LogP contribution in [0.3, 0.4) is 0 Å². The van der Waals surface area contributed by atoms with Crippen LogP contribution < -0.4 is 5.32 Å². The summed E-state index contributed by atoms with van der Waals surface area (Å²) >= 11 is 8.20. The van der Waals surface area contributed by atoms with Crippen molar-refractivity contribution >= 4 is 49.7 Å². The largest absolute Gasteiger partial charge is 0.384 e. The van der Waals surface area contributed by atoms with Gasteiger partial charge < -0.3 is 5.32 Å². The Hall–Kier alpha value is -0.0100. The fraction of sp³-hybridized carbons (Fsp3) is 0.400. The van der Waals surface area contributed by atoms with Crippen molar-refractivity contribution in [2.75, 3.05) is 23.9 Å². The van der Waals surface area contributed by atoms with Gasteiger partial charge >= 0.3 is 0 Å². The van der Waals surface area contributed by atoms with Gasteiger partial charge in [0.1, 0.15) is 9.84 Å². The summed E-state index contributed by atoms with van der Waals surface area (Å²) in [6, 6.07) is 5.71. The second-order valence-corrected chi connectivity index (χ2v) is 7.45. The molecule has 0 atom stereocenters. The summed E-state index contributed by atoms with van der Waals surface area (Å²) in [6.45, 7) is 0.605. The van der Waals surface area contributed by atoms with Crippen LogP contribution in [0.5, 0.6) is 0 Å². The third kappa shape index (κ3) is 5.36. The Bertz CT molecular complexity index is 462. The second-order valence-electron chi connectivity index (χ2n) is 3.53. The summed E-state index contributed by atoms with van der Waals surface area (Å²) < 4.78 is 22.9. The first kappa shape index (κ1) is 14.1. The minimum absolute atomic E-state index is 0.196. The molecule has 1 aromatic carbocycles. The van der Waals surface area contributed by atoms with E-state index in [9.17, 15) is 8.42 Å². The molecule has 1 aromatic rings. The van der Waals surface area contributed by atoms with Gasteiger partial charge in [-0.05, 0) is 47.2 Å². The Morgan fingerprint density at radius 2 is 2.12 bits per heavy atom. The fourth-order valence-electron chi connectivity index (χ4n) is 1.19. The van der Waals surface area contributed by atoms with E-state index in [0.717, 1.165) is 9.26 Å². The minimum Gasteiger partial charge on any atom is -0.384 e. The molecular formula is C10H13ClINO2S. The van der Waals surface area contributed by atoms with Crippen molar-refractivity contribution in [3.05, 3.63) is 26.8 Å². The van der Waals surface area contributed by atoms with Gasteiger partial charge in [0, 0.05) is 16.4 Å². The van der Waals surface area contributed by atoms with Crippen molar-refractivity contribution in [3.63, 3.8) is 0 Å². The zero-order chi connectivity index (χ0) is 12.2. The van der Waals surface area contributed by atoms with E-state index >= 15 is 0 Å². The normalized spacial score (nSPS) is 11.4. The van der Waals surface area contributed by atoms with E-state index in [2.05, 4.69) is 27.9 Å². The predicted molar refractivity (Wildman–Crippen MR) is 77.0 cm³/mol. The molecule has 0 aromatic heterocycles. The molecule has 3 nitrogen and oxygen atoms in total. The SMILES string of the molecule is CS(=O)(=O)CCCNc1ccc(I)cc1Cl. The molecule has 0 saturated carbocycles. The van der Waals surface area contributed by atoms with Crippen molar-refractivity contribution in [1.82, 2.24) is 0 Å². The lowest BCUT2D eigenvalue weighted by atomic mass is 10.3. The molecule has 1 rings (SSSR count). The van der Waals surface area contributed by atoms with Crippen LogP contribution in [0, 0.1) is 3.57 Å². The summed E-state index contributed by atoms with van der Waals surface area (Å²) in [6.07, 6.45) is 1.83. The Morgan fingerprint density at radius 1 is 1.44 bits per heavy atom. The van der Waals surface area contributed by atoms with E-state index in [4.69, 9.17) is 11.6 Å². The van der Waals surface area contributed by atoms with Crippen LogP contribution in [0.2, 0.25) is 5.02 Å². The van der Waals surface area contributed by atoms with Crippen LogP contribution >= 0.6 is 34.2 Å². The number of benzene rings is 1. The van der Waals surface area contributed by atoms with Gasteiger partial charge in [0.05, 0.1) is 16.5 Å². The summed E-state index contributed by atoms with van der Waals surface area (Å²) in [4.78, 5) is 0. The third-order valence-electron chi connectivity index (χ3n) is 1.94. The number of hydrogen-bond donors (Lipinski definition) is 1.